The van der Waals surface area contributed by atoms with E-state index in [9.17, 15) is 0 Å². The molecule has 1 aromatic carbocycles. The number of rotatable bonds is 1. The third kappa shape index (κ3) is 2.16. The number of benzene rings is 1. The van der Waals surface area contributed by atoms with E-state index >= 15 is 0 Å². The van der Waals surface area contributed by atoms with Gasteiger partial charge in [-0.05, 0) is 18.4 Å². The van der Waals surface area contributed by atoms with Gasteiger partial charge in [0.2, 0.25) is 0 Å². The smallest absolute Gasteiger partial charge is 0.142 e. The van der Waals surface area contributed by atoms with Gasteiger partial charge in [-0.1, -0.05) is 28.9 Å². The lowest BCUT2D eigenvalue weighted by Crippen LogP contribution is -1.93. The third-order valence-corrected chi connectivity index (χ3v) is 2.33. The molecule has 0 atom stereocenters. The first-order chi connectivity index (χ1) is 5.77. The Labute approximate surface area is 80.2 Å². The van der Waals surface area contributed by atoms with Gasteiger partial charge in [-0.15, -0.1) is 11.8 Å². The zero-order chi connectivity index (χ0) is 8.97. The van der Waals surface area contributed by atoms with Crippen molar-refractivity contribution in [3.63, 3.8) is 0 Å². The Hall–Kier alpha value is -0.670. The first-order valence-corrected chi connectivity index (χ1v) is 4.90. The molecule has 0 saturated carbocycles. The molecule has 0 aliphatic heterocycles. The van der Waals surface area contributed by atoms with E-state index in [4.69, 9.17) is 16.8 Å². The molecule has 0 unspecified atom stereocenters. The maximum Gasteiger partial charge on any atom is 0.142 e. The molecule has 2 nitrogen and oxygen atoms in total. The van der Waals surface area contributed by atoms with E-state index in [1.54, 1.807) is 12.1 Å². The number of hydrogen-bond donors (Lipinski definition) is 1. The van der Waals surface area contributed by atoms with Gasteiger partial charge >= 0.3 is 0 Å². The lowest BCUT2D eigenvalue weighted by atomic mass is 10.2. The Kier molecular flexibility index (Phi) is 3.44. The van der Waals surface area contributed by atoms with Crippen molar-refractivity contribution in [3.8, 4) is 0 Å². The van der Waals surface area contributed by atoms with Crippen molar-refractivity contribution in [1.29, 1.82) is 0 Å². The van der Waals surface area contributed by atoms with E-state index < -0.39 is 0 Å². The van der Waals surface area contributed by atoms with Gasteiger partial charge in [0.15, 0.2) is 0 Å². The molecule has 0 fully saturated rings. The number of thioether (sulfide) groups is 1. The van der Waals surface area contributed by atoms with E-state index in [1.165, 1.54) is 11.8 Å². The fourth-order valence-electron chi connectivity index (χ4n) is 0.809. The summed E-state index contributed by atoms with van der Waals surface area (Å²) in [6.45, 7) is 0. The highest BCUT2D eigenvalue weighted by Gasteiger charge is 2.00. The molecule has 0 radical (unpaired) electrons. The summed E-state index contributed by atoms with van der Waals surface area (Å²) >= 11 is 7.08. The van der Waals surface area contributed by atoms with E-state index in [2.05, 4.69) is 5.16 Å². The quantitative estimate of drug-likeness (QED) is 0.328. The summed E-state index contributed by atoms with van der Waals surface area (Å²) in [6.07, 6.45) is 1.85. The van der Waals surface area contributed by atoms with Crippen LogP contribution in [0, 0.1) is 0 Å². The average molecular weight is 202 g/mol. The Morgan fingerprint density at radius 2 is 2.00 bits per heavy atom. The second-order valence-electron chi connectivity index (χ2n) is 2.12. The number of hydrogen-bond acceptors (Lipinski definition) is 3. The summed E-state index contributed by atoms with van der Waals surface area (Å²) in [4.78, 5) is 0. The van der Waals surface area contributed by atoms with Crippen LogP contribution in [-0.4, -0.2) is 16.5 Å². The molecule has 4 heteroatoms. The molecular formula is C8H8ClNOS. The maximum atomic E-state index is 8.58. The van der Waals surface area contributed by atoms with E-state index in [0.717, 1.165) is 5.56 Å². The third-order valence-electron chi connectivity index (χ3n) is 1.38. The van der Waals surface area contributed by atoms with Crippen molar-refractivity contribution >= 4 is 28.4 Å². The summed E-state index contributed by atoms with van der Waals surface area (Å²) < 4.78 is 0. The highest BCUT2D eigenvalue weighted by Crippen LogP contribution is 2.14. The summed E-state index contributed by atoms with van der Waals surface area (Å²) in [5.74, 6) is 0. The molecule has 0 saturated heterocycles. The second kappa shape index (κ2) is 4.38. The standard InChI is InChI=1S/C8H8ClNOS/c1-12-8(10-11)6-2-4-7(9)5-3-6/h2-5,11H,1H3. The first-order valence-electron chi connectivity index (χ1n) is 3.30. The zero-order valence-corrected chi connectivity index (χ0v) is 8.06. The summed E-state index contributed by atoms with van der Waals surface area (Å²) in [6, 6.07) is 7.15. The van der Waals surface area contributed by atoms with Gasteiger partial charge in [-0.25, -0.2) is 0 Å². The fraction of sp³-hybridized carbons (Fsp3) is 0.125. The normalized spacial score (nSPS) is 11.7. The van der Waals surface area contributed by atoms with Gasteiger partial charge in [0, 0.05) is 10.6 Å². The minimum absolute atomic E-state index is 0.590. The van der Waals surface area contributed by atoms with Crippen LogP contribution in [0.1, 0.15) is 5.56 Å². The molecule has 1 rings (SSSR count). The van der Waals surface area contributed by atoms with Gasteiger partial charge in [-0.3, -0.25) is 0 Å². The number of halogens is 1. The minimum atomic E-state index is 0.590. The topological polar surface area (TPSA) is 32.6 Å². The molecule has 0 heterocycles. The Bertz CT molecular complexity index is 284. The van der Waals surface area contributed by atoms with E-state index in [1.807, 2.05) is 18.4 Å². The van der Waals surface area contributed by atoms with E-state index in [-0.39, 0.29) is 0 Å². The molecule has 12 heavy (non-hydrogen) atoms. The van der Waals surface area contributed by atoms with Crippen molar-refractivity contribution in [2.45, 2.75) is 0 Å². The Morgan fingerprint density at radius 1 is 1.42 bits per heavy atom. The molecule has 0 bridgehead atoms. The van der Waals surface area contributed by atoms with Crippen LogP contribution in [0.25, 0.3) is 0 Å². The summed E-state index contributed by atoms with van der Waals surface area (Å²) in [5.41, 5.74) is 0.870. The highest BCUT2D eigenvalue weighted by atomic mass is 35.5. The molecular weight excluding hydrogens is 194 g/mol. The largest absolute Gasteiger partial charge is 0.410 e. The van der Waals surface area contributed by atoms with Crippen LogP contribution in [0.3, 0.4) is 0 Å². The Balaban J connectivity index is 2.96. The van der Waals surface area contributed by atoms with Crippen LogP contribution in [0.2, 0.25) is 5.02 Å². The van der Waals surface area contributed by atoms with Crippen molar-refractivity contribution in [3.05, 3.63) is 34.9 Å². The predicted octanol–water partition coefficient (Wildman–Crippen LogP) is 2.84. The lowest BCUT2D eigenvalue weighted by molar-refractivity contribution is 0.321. The van der Waals surface area contributed by atoms with Crippen LogP contribution in [-0.2, 0) is 0 Å². The van der Waals surface area contributed by atoms with E-state index in [0.29, 0.717) is 10.1 Å². The first kappa shape index (κ1) is 9.42. The van der Waals surface area contributed by atoms with Gasteiger partial charge in [0.1, 0.15) is 5.04 Å². The van der Waals surface area contributed by atoms with Gasteiger partial charge < -0.3 is 5.21 Å². The molecule has 1 aromatic rings. The molecule has 0 amide bonds. The van der Waals surface area contributed by atoms with Gasteiger partial charge in [0.05, 0.1) is 0 Å². The number of nitrogens with zero attached hydrogens (tertiary/aromatic N) is 1. The average Bonchev–Trinajstić information content (AvgIpc) is 2.10. The molecule has 0 aromatic heterocycles. The lowest BCUT2D eigenvalue weighted by Gasteiger charge is -1.99. The summed E-state index contributed by atoms with van der Waals surface area (Å²) in [5, 5.41) is 13.0. The molecule has 0 spiro atoms. The number of oxime groups is 1. The van der Waals surface area contributed by atoms with Crippen molar-refractivity contribution in [2.24, 2.45) is 5.16 Å². The van der Waals surface area contributed by atoms with Crippen LogP contribution in [0.4, 0.5) is 0 Å². The van der Waals surface area contributed by atoms with Crippen LogP contribution in [0.5, 0.6) is 0 Å². The monoisotopic (exact) mass is 201 g/mol. The van der Waals surface area contributed by atoms with Crippen LogP contribution in [0.15, 0.2) is 29.4 Å². The molecule has 0 aliphatic rings. The molecule has 1 N–H and O–H groups in total. The summed E-state index contributed by atoms with van der Waals surface area (Å²) in [7, 11) is 0. The van der Waals surface area contributed by atoms with Crippen LogP contribution >= 0.6 is 23.4 Å². The SMILES string of the molecule is CSC(=NO)c1ccc(Cl)cc1. The van der Waals surface area contributed by atoms with Gasteiger partial charge in [-0.2, -0.15) is 0 Å². The van der Waals surface area contributed by atoms with Crippen molar-refractivity contribution in [2.75, 3.05) is 6.26 Å². The minimum Gasteiger partial charge on any atom is -0.410 e. The maximum absolute atomic E-state index is 8.58. The molecule has 64 valence electrons. The van der Waals surface area contributed by atoms with Crippen molar-refractivity contribution < 1.29 is 5.21 Å². The zero-order valence-electron chi connectivity index (χ0n) is 6.49. The van der Waals surface area contributed by atoms with Crippen molar-refractivity contribution in [1.82, 2.24) is 0 Å². The fourth-order valence-corrected chi connectivity index (χ4v) is 1.39. The molecule has 0 aliphatic carbocycles. The Morgan fingerprint density at radius 3 is 2.42 bits per heavy atom. The van der Waals surface area contributed by atoms with Gasteiger partial charge in [0.25, 0.3) is 0 Å². The van der Waals surface area contributed by atoms with Crippen LogP contribution < -0.4 is 0 Å². The second-order valence-corrected chi connectivity index (χ2v) is 3.35. The highest BCUT2D eigenvalue weighted by molar-refractivity contribution is 8.13. The predicted molar refractivity (Wildman–Crippen MR) is 53.3 cm³/mol.